The summed E-state index contributed by atoms with van der Waals surface area (Å²) in [5, 5.41) is 7.89. The van der Waals surface area contributed by atoms with E-state index < -0.39 is 0 Å². The highest BCUT2D eigenvalue weighted by molar-refractivity contribution is 6.11. The van der Waals surface area contributed by atoms with Gasteiger partial charge in [0.25, 0.3) is 0 Å². The van der Waals surface area contributed by atoms with Gasteiger partial charge in [0.2, 0.25) is 0 Å². The number of hydrogen-bond donors (Lipinski definition) is 1. The highest BCUT2D eigenvalue weighted by atomic mass is 14.4. The normalized spacial score (nSPS) is 11.8. The van der Waals surface area contributed by atoms with Crippen LogP contribution < -0.4 is 0 Å². The predicted molar refractivity (Wildman–Crippen MR) is 73.0 cm³/mol. The van der Waals surface area contributed by atoms with Gasteiger partial charge in [0.05, 0.1) is 5.71 Å². The van der Waals surface area contributed by atoms with E-state index in [9.17, 15) is 0 Å². The molecule has 0 aromatic carbocycles. The molecule has 0 fully saturated rings. The molecule has 0 radical (unpaired) electrons. The van der Waals surface area contributed by atoms with Gasteiger partial charge in [-0.1, -0.05) is 12.7 Å². The van der Waals surface area contributed by atoms with Crippen molar-refractivity contribution in [3.05, 3.63) is 52.8 Å². The highest BCUT2D eigenvalue weighted by Crippen LogP contribution is 2.13. The summed E-state index contributed by atoms with van der Waals surface area (Å²) in [6.45, 7) is 13.6. The van der Waals surface area contributed by atoms with Crippen LogP contribution in [0.2, 0.25) is 0 Å². The summed E-state index contributed by atoms with van der Waals surface area (Å²) < 4.78 is 0. The minimum atomic E-state index is 0.495. The molecule has 0 unspecified atom stereocenters. The van der Waals surface area contributed by atoms with Gasteiger partial charge in [-0.25, -0.2) is 0 Å². The van der Waals surface area contributed by atoms with Gasteiger partial charge >= 0.3 is 0 Å². The molecule has 86 valence electrons. The average Bonchev–Trinajstić information content (AvgIpc) is 2.24. The maximum Gasteiger partial charge on any atom is 0.0632 e. The minimum absolute atomic E-state index is 0.495. The lowest BCUT2D eigenvalue weighted by Gasteiger charge is -2.06. The first-order valence-electron chi connectivity index (χ1n) is 5.41. The van der Waals surface area contributed by atoms with E-state index >= 15 is 0 Å². The Kier molecular flexibility index (Phi) is 6.14. The Labute approximate surface area is 99.1 Å². The highest BCUT2D eigenvalue weighted by Gasteiger charge is 2.03. The van der Waals surface area contributed by atoms with Crippen LogP contribution in [0.3, 0.4) is 0 Å². The molecular formula is C15H21N. The first-order valence-corrected chi connectivity index (χ1v) is 5.41. The molecule has 0 saturated heterocycles. The van der Waals surface area contributed by atoms with Crippen LogP contribution in [0.4, 0.5) is 0 Å². The zero-order valence-electron chi connectivity index (χ0n) is 10.9. The quantitative estimate of drug-likeness (QED) is 0.403. The summed E-state index contributed by atoms with van der Waals surface area (Å²) in [4.78, 5) is 0. The number of allylic oxidation sites excluding steroid dienone is 6. The standard InChI is InChI=1S/C15H21N/c1-7-9-12(5)13(6)10-14(8-2)15(16)11(3)4/h7-8,10,16H,3H2,1-2,4-6H3/b13-10-,14-8+,16-15?. The van der Waals surface area contributed by atoms with Gasteiger partial charge in [-0.3, -0.25) is 0 Å². The van der Waals surface area contributed by atoms with Gasteiger partial charge in [0.15, 0.2) is 0 Å². The molecule has 0 atom stereocenters. The second kappa shape index (κ2) is 6.81. The molecule has 0 aromatic heterocycles. The van der Waals surface area contributed by atoms with E-state index in [4.69, 9.17) is 5.41 Å². The van der Waals surface area contributed by atoms with E-state index in [2.05, 4.69) is 12.3 Å². The maximum absolute atomic E-state index is 7.89. The lowest BCUT2D eigenvalue weighted by atomic mass is 10.00. The average molecular weight is 215 g/mol. The molecule has 0 aliphatic rings. The first-order chi connectivity index (χ1) is 7.43. The van der Waals surface area contributed by atoms with E-state index in [0.29, 0.717) is 5.71 Å². The van der Waals surface area contributed by atoms with Gasteiger partial charge in [-0.15, -0.1) is 5.73 Å². The van der Waals surface area contributed by atoms with Crippen LogP contribution >= 0.6 is 0 Å². The fourth-order valence-corrected chi connectivity index (χ4v) is 1.22. The van der Waals surface area contributed by atoms with Gasteiger partial charge in [-0.2, -0.15) is 0 Å². The molecule has 0 aliphatic heterocycles. The molecule has 0 aromatic rings. The second-order valence-corrected chi connectivity index (χ2v) is 3.78. The molecule has 0 rings (SSSR count). The molecule has 1 N–H and O–H groups in total. The summed E-state index contributed by atoms with van der Waals surface area (Å²) in [5.41, 5.74) is 7.54. The Morgan fingerprint density at radius 3 is 2.12 bits per heavy atom. The van der Waals surface area contributed by atoms with Gasteiger partial charge in [0, 0.05) is 0 Å². The lowest BCUT2D eigenvalue weighted by Crippen LogP contribution is -2.00. The Morgan fingerprint density at radius 2 is 1.75 bits per heavy atom. The molecule has 0 saturated carbocycles. The third-order valence-electron chi connectivity index (χ3n) is 2.35. The van der Waals surface area contributed by atoms with Gasteiger partial charge in [0.1, 0.15) is 0 Å². The van der Waals surface area contributed by atoms with Gasteiger partial charge < -0.3 is 5.41 Å². The molecule has 0 heterocycles. The van der Waals surface area contributed by atoms with Gasteiger partial charge in [-0.05, 0) is 69.1 Å². The zero-order chi connectivity index (χ0) is 12.7. The number of hydrogen-bond acceptors (Lipinski definition) is 1. The van der Waals surface area contributed by atoms with E-state index in [0.717, 1.165) is 22.3 Å². The Balaban J connectivity index is 5.22. The Morgan fingerprint density at radius 1 is 1.19 bits per heavy atom. The topological polar surface area (TPSA) is 23.9 Å². The third-order valence-corrected chi connectivity index (χ3v) is 2.35. The molecule has 0 spiro atoms. The van der Waals surface area contributed by atoms with E-state index in [1.807, 2.05) is 52.8 Å². The summed E-state index contributed by atoms with van der Waals surface area (Å²) in [7, 11) is 0. The predicted octanol–water partition coefficient (Wildman–Crippen LogP) is 4.60. The van der Waals surface area contributed by atoms with Crippen molar-refractivity contribution in [2.24, 2.45) is 0 Å². The molecule has 1 nitrogen and oxygen atoms in total. The Bertz CT molecular complexity index is 411. The molecule has 16 heavy (non-hydrogen) atoms. The number of rotatable bonds is 4. The van der Waals surface area contributed by atoms with E-state index in [-0.39, 0.29) is 0 Å². The van der Waals surface area contributed by atoms with Crippen LogP contribution in [0.25, 0.3) is 0 Å². The van der Waals surface area contributed by atoms with Crippen molar-refractivity contribution in [2.75, 3.05) is 0 Å². The van der Waals surface area contributed by atoms with Crippen molar-refractivity contribution >= 4 is 5.71 Å². The smallest absolute Gasteiger partial charge is 0.0632 e. The van der Waals surface area contributed by atoms with Crippen LogP contribution in [0, 0.1) is 5.41 Å². The van der Waals surface area contributed by atoms with Crippen molar-refractivity contribution in [1.29, 1.82) is 5.41 Å². The summed E-state index contributed by atoms with van der Waals surface area (Å²) >= 11 is 0. The van der Waals surface area contributed by atoms with Crippen LogP contribution in [0.15, 0.2) is 52.8 Å². The van der Waals surface area contributed by atoms with E-state index in [1.165, 1.54) is 0 Å². The van der Waals surface area contributed by atoms with Crippen molar-refractivity contribution < 1.29 is 0 Å². The van der Waals surface area contributed by atoms with Crippen molar-refractivity contribution in [1.82, 2.24) is 0 Å². The maximum atomic E-state index is 7.89. The van der Waals surface area contributed by atoms with Crippen LogP contribution in [-0.4, -0.2) is 5.71 Å². The van der Waals surface area contributed by atoms with Crippen LogP contribution in [-0.2, 0) is 0 Å². The van der Waals surface area contributed by atoms with E-state index in [1.54, 1.807) is 0 Å². The minimum Gasteiger partial charge on any atom is -0.300 e. The largest absolute Gasteiger partial charge is 0.300 e. The van der Waals surface area contributed by atoms with Crippen LogP contribution in [0.1, 0.15) is 34.6 Å². The van der Waals surface area contributed by atoms with Crippen molar-refractivity contribution in [2.45, 2.75) is 34.6 Å². The fourth-order valence-electron chi connectivity index (χ4n) is 1.22. The number of nitrogens with one attached hydrogen (secondary N) is 1. The van der Waals surface area contributed by atoms with Crippen LogP contribution in [0.5, 0.6) is 0 Å². The first kappa shape index (κ1) is 14.4. The summed E-state index contributed by atoms with van der Waals surface area (Å²) in [5.74, 6) is 0. The fraction of sp³-hybridized carbons (Fsp3) is 0.333. The summed E-state index contributed by atoms with van der Waals surface area (Å²) in [6, 6.07) is 0. The zero-order valence-corrected chi connectivity index (χ0v) is 10.9. The molecule has 0 aliphatic carbocycles. The second-order valence-electron chi connectivity index (χ2n) is 3.78. The Hall–Kier alpha value is -1.59. The lowest BCUT2D eigenvalue weighted by molar-refractivity contribution is 1.33. The molecular weight excluding hydrogens is 194 g/mol. The molecule has 0 amide bonds. The molecule has 1 heteroatoms. The monoisotopic (exact) mass is 215 g/mol. The summed E-state index contributed by atoms with van der Waals surface area (Å²) in [6.07, 6.45) is 5.83. The third kappa shape index (κ3) is 4.29. The van der Waals surface area contributed by atoms with Crippen molar-refractivity contribution in [3.63, 3.8) is 0 Å². The SMILES string of the molecule is C=C(C)C(=N)C(/C=C(/C)C(C)=C=CC)=C/C. The van der Waals surface area contributed by atoms with Crippen molar-refractivity contribution in [3.8, 4) is 0 Å². The molecule has 0 bridgehead atoms.